The van der Waals surface area contributed by atoms with Crippen molar-refractivity contribution >= 4 is 23.0 Å². The minimum absolute atomic E-state index is 0.0109. The van der Waals surface area contributed by atoms with Gasteiger partial charge in [-0.25, -0.2) is 0 Å². The Morgan fingerprint density at radius 1 is 1.33 bits per heavy atom. The molecule has 3 heteroatoms. The van der Waals surface area contributed by atoms with Gasteiger partial charge in [-0.05, 0) is 13.0 Å². The van der Waals surface area contributed by atoms with E-state index < -0.39 is 0 Å². The molecule has 0 aliphatic heterocycles. The van der Waals surface area contributed by atoms with Crippen molar-refractivity contribution in [1.82, 2.24) is 4.90 Å². The van der Waals surface area contributed by atoms with Crippen LogP contribution in [-0.2, 0) is 4.79 Å². The predicted molar refractivity (Wildman–Crippen MR) is 63.8 cm³/mol. The lowest BCUT2D eigenvalue weighted by molar-refractivity contribution is -0.111. The molecule has 0 atom stereocenters. The summed E-state index contributed by atoms with van der Waals surface area (Å²) in [5.41, 5.74) is 1.41. The third kappa shape index (κ3) is 3.10. The highest BCUT2D eigenvalue weighted by molar-refractivity contribution is 6.34. The standard InChI is InChI=1S/C12H14ClNO/c1-9(15)11(8-14(2)3)10-6-4-5-7-12(10)13/h4-8H,1-3H3. The van der Waals surface area contributed by atoms with Crippen LogP contribution in [0.5, 0.6) is 0 Å². The van der Waals surface area contributed by atoms with E-state index >= 15 is 0 Å². The van der Waals surface area contributed by atoms with Crippen LogP contribution in [0.1, 0.15) is 12.5 Å². The van der Waals surface area contributed by atoms with Crippen LogP contribution in [0.4, 0.5) is 0 Å². The summed E-state index contributed by atoms with van der Waals surface area (Å²) in [6, 6.07) is 7.34. The fourth-order valence-electron chi connectivity index (χ4n) is 1.29. The summed E-state index contributed by atoms with van der Waals surface area (Å²) in [7, 11) is 3.75. The number of rotatable bonds is 3. The second-order valence-electron chi connectivity index (χ2n) is 3.54. The highest BCUT2D eigenvalue weighted by atomic mass is 35.5. The highest BCUT2D eigenvalue weighted by Gasteiger charge is 2.10. The van der Waals surface area contributed by atoms with Gasteiger partial charge in [-0.2, -0.15) is 0 Å². The van der Waals surface area contributed by atoms with E-state index in [1.165, 1.54) is 0 Å². The van der Waals surface area contributed by atoms with E-state index in [-0.39, 0.29) is 5.78 Å². The van der Waals surface area contributed by atoms with Crippen molar-refractivity contribution in [1.29, 1.82) is 0 Å². The molecule has 0 aromatic heterocycles. The Kier molecular flexibility index (Phi) is 3.92. The number of halogens is 1. The van der Waals surface area contributed by atoms with Crippen molar-refractivity contribution in [3.63, 3.8) is 0 Å². The molecule has 0 unspecified atom stereocenters. The van der Waals surface area contributed by atoms with Gasteiger partial charge in [0.1, 0.15) is 0 Å². The molecule has 0 bridgehead atoms. The van der Waals surface area contributed by atoms with Crippen molar-refractivity contribution in [2.24, 2.45) is 0 Å². The number of benzene rings is 1. The zero-order valence-corrected chi connectivity index (χ0v) is 9.88. The second-order valence-corrected chi connectivity index (χ2v) is 3.95. The van der Waals surface area contributed by atoms with E-state index in [1.54, 1.807) is 19.2 Å². The Morgan fingerprint density at radius 3 is 2.40 bits per heavy atom. The molecule has 0 saturated carbocycles. The van der Waals surface area contributed by atoms with E-state index in [9.17, 15) is 4.79 Å². The first kappa shape index (κ1) is 11.8. The van der Waals surface area contributed by atoms with Gasteiger partial charge in [0, 0.05) is 36.5 Å². The van der Waals surface area contributed by atoms with Crippen LogP contribution in [0.2, 0.25) is 5.02 Å². The topological polar surface area (TPSA) is 20.3 Å². The van der Waals surface area contributed by atoms with Crippen LogP contribution in [0.25, 0.3) is 5.57 Å². The summed E-state index contributed by atoms with van der Waals surface area (Å²) < 4.78 is 0. The smallest absolute Gasteiger partial charge is 0.161 e. The minimum Gasteiger partial charge on any atom is -0.383 e. The van der Waals surface area contributed by atoms with Gasteiger partial charge in [0.2, 0.25) is 0 Å². The van der Waals surface area contributed by atoms with Crippen molar-refractivity contribution in [3.8, 4) is 0 Å². The molecule has 0 heterocycles. The van der Waals surface area contributed by atoms with Gasteiger partial charge in [-0.1, -0.05) is 29.8 Å². The van der Waals surface area contributed by atoms with Gasteiger partial charge in [0.25, 0.3) is 0 Å². The molecular weight excluding hydrogens is 210 g/mol. The van der Waals surface area contributed by atoms with Gasteiger partial charge >= 0.3 is 0 Å². The number of carbonyl (C=O) groups excluding carboxylic acids is 1. The number of Topliss-reactive ketones (excluding diaryl/α,β-unsaturated/α-hetero) is 1. The zero-order valence-electron chi connectivity index (χ0n) is 9.12. The lowest BCUT2D eigenvalue weighted by atomic mass is 10.0. The quantitative estimate of drug-likeness (QED) is 0.735. The molecule has 0 spiro atoms. The van der Waals surface area contributed by atoms with E-state index in [0.29, 0.717) is 10.6 Å². The normalized spacial score (nSPS) is 11.3. The molecule has 15 heavy (non-hydrogen) atoms. The number of ketones is 1. The van der Waals surface area contributed by atoms with Gasteiger partial charge in [0.15, 0.2) is 5.78 Å². The number of hydrogen-bond donors (Lipinski definition) is 0. The molecule has 1 rings (SSSR count). The largest absolute Gasteiger partial charge is 0.383 e. The van der Waals surface area contributed by atoms with Crippen molar-refractivity contribution in [2.75, 3.05) is 14.1 Å². The van der Waals surface area contributed by atoms with Gasteiger partial charge in [-0.3, -0.25) is 4.79 Å². The molecule has 0 amide bonds. The lowest BCUT2D eigenvalue weighted by Gasteiger charge is -2.11. The van der Waals surface area contributed by atoms with Crippen LogP contribution >= 0.6 is 11.6 Å². The average molecular weight is 224 g/mol. The molecule has 0 fully saturated rings. The summed E-state index contributed by atoms with van der Waals surface area (Å²) >= 11 is 6.03. The van der Waals surface area contributed by atoms with Gasteiger partial charge in [0.05, 0.1) is 0 Å². The summed E-state index contributed by atoms with van der Waals surface area (Å²) in [6.45, 7) is 1.54. The molecule has 80 valence electrons. The maximum Gasteiger partial charge on any atom is 0.161 e. The molecule has 0 radical (unpaired) electrons. The highest BCUT2D eigenvalue weighted by Crippen LogP contribution is 2.24. The molecule has 1 aromatic rings. The zero-order chi connectivity index (χ0) is 11.4. The fourth-order valence-corrected chi connectivity index (χ4v) is 1.53. The van der Waals surface area contributed by atoms with Gasteiger partial charge < -0.3 is 4.90 Å². The predicted octanol–water partition coefficient (Wildman–Crippen LogP) is 2.83. The molecule has 0 saturated heterocycles. The molecule has 0 N–H and O–H groups in total. The van der Waals surface area contributed by atoms with Crippen LogP contribution in [0.15, 0.2) is 30.5 Å². The van der Waals surface area contributed by atoms with Crippen molar-refractivity contribution < 1.29 is 4.79 Å². The van der Waals surface area contributed by atoms with Gasteiger partial charge in [-0.15, -0.1) is 0 Å². The molecular formula is C12H14ClNO. The summed E-state index contributed by atoms with van der Waals surface area (Å²) in [6.07, 6.45) is 1.78. The molecule has 2 nitrogen and oxygen atoms in total. The van der Waals surface area contributed by atoms with Crippen LogP contribution in [0.3, 0.4) is 0 Å². The first-order chi connectivity index (χ1) is 7.02. The van der Waals surface area contributed by atoms with Crippen LogP contribution in [0, 0.1) is 0 Å². The fraction of sp³-hybridized carbons (Fsp3) is 0.250. The molecule has 0 aliphatic carbocycles. The second kappa shape index (κ2) is 4.99. The van der Waals surface area contributed by atoms with E-state index in [4.69, 9.17) is 11.6 Å². The van der Waals surface area contributed by atoms with E-state index in [2.05, 4.69) is 0 Å². The maximum atomic E-state index is 11.5. The Hall–Kier alpha value is -1.28. The SMILES string of the molecule is CC(=O)C(=CN(C)C)c1ccccc1Cl. The van der Waals surface area contributed by atoms with Crippen molar-refractivity contribution in [3.05, 3.63) is 41.1 Å². The maximum absolute atomic E-state index is 11.5. The van der Waals surface area contributed by atoms with Crippen LogP contribution < -0.4 is 0 Å². The lowest BCUT2D eigenvalue weighted by Crippen LogP contribution is -2.06. The summed E-state index contributed by atoms with van der Waals surface area (Å²) in [5, 5.41) is 0.598. The number of allylic oxidation sites excluding steroid dienone is 1. The Morgan fingerprint density at radius 2 is 1.93 bits per heavy atom. The average Bonchev–Trinajstić information content (AvgIpc) is 2.15. The Bertz CT molecular complexity index is 396. The first-order valence-corrected chi connectivity index (χ1v) is 5.04. The minimum atomic E-state index is 0.0109. The van der Waals surface area contributed by atoms with E-state index in [0.717, 1.165) is 5.56 Å². The monoisotopic (exact) mass is 223 g/mol. The first-order valence-electron chi connectivity index (χ1n) is 4.66. The molecule has 1 aromatic carbocycles. The number of nitrogens with zero attached hydrogens (tertiary/aromatic N) is 1. The molecule has 0 aliphatic rings. The van der Waals surface area contributed by atoms with Crippen LogP contribution in [-0.4, -0.2) is 24.8 Å². The third-order valence-electron chi connectivity index (χ3n) is 1.93. The summed E-state index contributed by atoms with van der Waals surface area (Å²) in [4.78, 5) is 13.3. The number of hydrogen-bond acceptors (Lipinski definition) is 2. The Labute approximate surface area is 95.2 Å². The summed E-state index contributed by atoms with van der Waals surface area (Å²) in [5.74, 6) is 0.0109. The van der Waals surface area contributed by atoms with Crippen molar-refractivity contribution in [2.45, 2.75) is 6.92 Å². The Balaban J connectivity index is 3.23. The number of carbonyl (C=O) groups is 1. The van der Waals surface area contributed by atoms with E-state index in [1.807, 2.05) is 37.2 Å². The third-order valence-corrected chi connectivity index (χ3v) is 2.26.